The van der Waals surface area contributed by atoms with Crippen LogP contribution < -0.4 is 14.5 Å². The van der Waals surface area contributed by atoms with Gasteiger partial charge in [-0.05, 0) is 91.8 Å². The largest absolute Gasteiger partial charge is 0.509 e. The number of pyridine rings is 1. The van der Waals surface area contributed by atoms with Crippen LogP contribution in [0.25, 0.3) is 38.8 Å². The Morgan fingerprint density at radius 1 is 0.587 bits per heavy atom. The molecule has 0 amide bonds. The monoisotopic (exact) mass is 1010 g/mol. The molecule has 0 saturated carbocycles. The van der Waals surface area contributed by atoms with Crippen molar-refractivity contribution in [2.45, 2.75) is 98.3 Å². The van der Waals surface area contributed by atoms with Crippen molar-refractivity contribution in [3.63, 3.8) is 0 Å². The average Bonchev–Trinajstić information content (AvgIpc) is 3.79. The van der Waals surface area contributed by atoms with Crippen LogP contribution in [0.1, 0.15) is 104 Å². The molecular weight excluding hydrogens is 952 g/mol. The van der Waals surface area contributed by atoms with Crippen molar-refractivity contribution < 1.29 is 25.8 Å². The molecule has 8 aromatic rings. The van der Waals surface area contributed by atoms with Gasteiger partial charge < -0.3 is 19.1 Å². The predicted molar refractivity (Wildman–Crippen MR) is 260 cm³/mol. The number of para-hydroxylation sites is 3. The van der Waals surface area contributed by atoms with Crippen LogP contribution in [0.15, 0.2) is 134 Å². The van der Waals surface area contributed by atoms with Gasteiger partial charge in [-0.25, -0.2) is 4.98 Å². The summed E-state index contributed by atoms with van der Waals surface area (Å²) in [5.41, 5.74) is 13.8. The van der Waals surface area contributed by atoms with Gasteiger partial charge in [0.25, 0.3) is 0 Å². The van der Waals surface area contributed by atoms with Crippen LogP contribution in [-0.4, -0.2) is 9.55 Å². The first kappa shape index (κ1) is 44.0. The van der Waals surface area contributed by atoms with Crippen molar-refractivity contribution in [1.82, 2.24) is 9.55 Å². The van der Waals surface area contributed by atoms with Gasteiger partial charge in [0.2, 0.25) is 0 Å². The number of nitrogens with zero attached hydrogens (tertiary/aromatic N) is 4. The van der Waals surface area contributed by atoms with Gasteiger partial charge in [-0.3, -0.25) is 0 Å². The molecule has 2 aromatic heterocycles. The summed E-state index contributed by atoms with van der Waals surface area (Å²) < 4.78 is 8.88. The first-order valence-corrected chi connectivity index (χ1v) is 21.9. The number of hydrogen-bond acceptors (Lipinski definition) is 4. The minimum atomic E-state index is 0. The first-order chi connectivity index (χ1) is 29.4. The average molecular weight is 1010 g/mol. The Bertz CT molecular complexity index is 2930. The summed E-state index contributed by atoms with van der Waals surface area (Å²) in [7, 11) is 0. The van der Waals surface area contributed by atoms with E-state index < -0.39 is 0 Å². The van der Waals surface area contributed by atoms with Crippen molar-refractivity contribution in [3.05, 3.63) is 175 Å². The number of anilines is 4. The maximum absolute atomic E-state index is 6.65. The molecule has 0 N–H and O–H groups in total. The molecule has 1 aliphatic heterocycles. The molecule has 9 rings (SSSR count). The van der Waals surface area contributed by atoms with E-state index in [1.807, 2.05) is 24.4 Å². The van der Waals surface area contributed by atoms with Crippen LogP contribution in [0, 0.1) is 18.8 Å². The molecule has 3 heterocycles. The maximum Gasteiger partial charge on any atom is 0.135 e. The quantitative estimate of drug-likeness (QED) is 0.149. The summed E-state index contributed by atoms with van der Waals surface area (Å²) in [6.07, 6.45) is 2.04. The molecule has 0 saturated heterocycles. The molecular formula is C57H57N4OPt-3. The normalized spacial score (nSPS) is 13.2. The molecule has 0 fully saturated rings. The maximum atomic E-state index is 6.65. The fourth-order valence-corrected chi connectivity index (χ4v) is 8.50. The Balaban J connectivity index is 0.00000544. The summed E-state index contributed by atoms with van der Waals surface area (Å²) in [5.74, 6) is 2.36. The van der Waals surface area contributed by atoms with Gasteiger partial charge in [0.05, 0.1) is 0 Å². The van der Waals surface area contributed by atoms with E-state index in [-0.39, 0.29) is 43.2 Å². The number of benzene rings is 6. The molecule has 324 valence electrons. The second-order valence-corrected chi connectivity index (χ2v) is 20.2. The van der Waals surface area contributed by atoms with Gasteiger partial charge >= 0.3 is 0 Å². The van der Waals surface area contributed by atoms with Gasteiger partial charge in [0.1, 0.15) is 5.82 Å². The van der Waals surface area contributed by atoms with Crippen molar-refractivity contribution in [3.8, 4) is 28.4 Å². The Labute approximate surface area is 389 Å². The molecule has 5 nitrogen and oxygen atoms in total. The van der Waals surface area contributed by atoms with E-state index in [1.54, 1.807) is 0 Å². The zero-order valence-corrected chi connectivity index (χ0v) is 40.6. The van der Waals surface area contributed by atoms with Gasteiger partial charge in [-0.15, -0.1) is 48.1 Å². The van der Waals surface area contributed by atoms with Crippen molar-refractivity contribution in [2.75, 3.05) is 9.80 Å². The van der Waals surface area contributed by atoms with Crippen LogP contribution in [0.4, 0.5) is 22.7 Å². The van der Waals surface area contributed by atoms with E-state index in [0.29, 0.717) is 11.5 Å². The molecule has 0 unspecified atom stereocenters. The topological polar surface area (TPSA) is 33.5 Å². The van der Waals surface area contributed by atoms with E-state index in [4.69, 9.17) is 9.72 Å². The van der Waals surface area contributed by atoms with Crippen molar-refractivity contribution in [1.29, 1.82) is 0 Å². The predicted octanol–water partition coefficient (Wildman–Crippen LogP) is 15.7. The standard InChI is InChI=1S/C57H57N4O.Pt/c1-37(2)48-34-54(58-35-49(48)38-23-25-39(26-24-38)55(3,4)5)61-50-20-13-12-19-46(50)47-28-27-45(33-53(47)61)62-44-18-16-17-42(32-44)59-36-60(52-22-15-14-21-51(52)59)43-30-40(56(6,7)8)29-41(31-43)57(9,10)11;/h12-31,34-37H,1-11H3;/q-3;. The minimum absolute atomic E-state index is 0. The number of aromatic nitrogens is 2. The number of fused-ring (bicyclic) bond motifs is 4. The summed E-state index contributed by atoms with van der Waals surface area (Å²) in [6.45, 7) is 27.1. The molecule has 0 spiro atoms. The van der Waals surface area contributed by atoms with Gasteiger partial charge in [-0.2, -0.15) is 12.1 Å². The third-order valence-corrected chi connectivity index (χ3v) is 12.2. The zero-order valence-electron chi connectivity index (χ0n) is 38.4. The summed E-state index contributed by atoms with van der Waals surface area (Å²) in [5, 5.41) is 2.23. The first-order valence-electron chi connectivity index (χ1n) is 21.9. The minimum Gasteiger partial charge on any atom is -0.509 e. The third kappa shape index (κ3) is 8.45. The Kier molecular flexibility index (Phi) is 11.5. The molecule has 0 aliphatic carbocycles. The summed E-state index contributed by atoms with van der Waals surface area (Å²) in [6, 6.07) is 52.8. The van der Waals surface area contributed by atoms with E-state index in [9.17, 15) is 0 Å². The Morgan fingerprint density at radius 2 is 1.21 bits per heavy atom. The van der Waals surface area contributed by atoms with E-state index in [2.05, 4.69) is 219 Å². The van der Waals surface area contributed by atoms with Gasteiger partial charge in [0.15, 0.2) is 0 Å². The van der Waals surface area contributed by atoms with E-state index >= 15 is 0 Å². The smallest absolute Gasteiger partial charge is 0.135 e. The second-order valence-electron chi connectivity index (χ2n) is 20.2. The Morgan fingerprint density at radius 3 is 1.86 bits per heavy atom. The fourth-order valence-electron chi connectivity index (χ4n) is 8.50. The zero-order chi connectivity index (χ0) is 43.7. The van der Waals surface area contributed by atoms with E-state index in [1.165, 1.54) is 27.8 Å². The van der Waals surface area contributed by atoms with Crippen LogP contribution >= 0.6 is 0 Å². The number of ether oxygens (including phenoxy) is 1. The number of rotatable bonds is 7. The van der Waals surface area contributed by atoms with Crippen LogP contribution in [-0.2, 0) is 37.3 Å². The van der Waals surface area contributed by atoms with Gasteiger partial charge in [-0.1, -0.05) is 142 Å². The second kappa shape index (κ2) is 16.5. The molecule has 0 atom stereocenters. The molecule has 63 heavy (non-hydrogen) atoms. The molecule has 0 bridgehead atoms. The summed E-state index contributed by atoms with van der Waals surface area (Å²) in [4.78, 5) is 9.65. The van der Waals surface area contributed by atoms with Crippen molar-refractivity contribution in [2.24, 2.45) is 0 Å². The van der Waals surface area contributed by atoms with E-state index in [0.717, 1.165) is 55.9 Å². The molecule has 6 aromatic carbocycles. The number of hydrogen-bond donors (Lipinski definition) is 0. The molecule has 0 radical (unpaired) electrons. The molecule has 6 heteroatoms. The van der Waals surface area contributed by atoms with Crippen molar-refractivity contribution >= 4 is 44.6 Å². The van der Waals surface area contributed by atoms with Gasteiger partial charge in [0, 0.05) is 66.9 Å². The Hall–Kier alpha value is -5.64. The summed E-state index contributed by atoms with van der Waals surface area (Å²) >= 11 is 0. The van der Waals surface area contributed by atoms with Crippen LogP contribution in [0.5, 0.6) is 11.5 Å². The fraction of sp³-hybridized carbons (Fsp3) is 0.263. The molecule has 1 aliphatic rings. The van der Waals surface area contributed by atoms with Crippen LogP contribution in [0.2, 0.25) is 0 Å². The third-order valence-electron chi connectivity index (χ3n) is 12.2. The van der Waals surface area contributed by atoms with Crippen LogP contribution in [0.3, 0.4) is 0 Å². The SMILES string of the molecule is CC(C)c1cc(-n2c3[c-]c(Oc4[c-]c(N5[CH-]N(c6cc(C(C)(C)C)cc(C(C)(C)C)c6)c6ccccc65)ccc4)ccc3c3ccccc32)ncc1-c1ccc(C(C)(C)C)cc1.[Pt].